The van der Waals surface area contributed by atoms with E-state index in [0.717, 1.165) is 6.42 Å². The van der Waals surface area contributed by atoms with E-state index < -0.39 is 31.0 Å². The molecule has 5 heteroatoms. The maximum atomic E-state index is 9.95. The first kappa shape index (κ1) is 19.6. The number of hydrogen-bond donors (Lipinski definition) is 3. The molecule has 0 bridgehead atoms. The van der Waals surface area contributed by atoms with Crippen LogP contribution in [0.1, 0.15) is 51.9 Å². The van der Waals surface area contributed by atoms with E-state index in [2.05, 4.69) is 13.0 Å². The molecule has 5 nitrogen and oxygen atoms in total. The number of unbranched alkanes of at least 4 members (excludes halogenated alkanes) is 6. The average Bonchev–Trinajstić information content (AvgIpc) is 2.89. The fraction of sp³-hybridized carbons (Fsp3) is 0.882. The Bertz CT molecular complexity index is 295. The molecule has 0 unspecified atom stereocenters. The first-order valence-corrected chi connectivity index (χ1v) is 8.55. The molecule has 22 heavy (non-hydrogen) atoms. The van der Waals surface area contributed by atoms with Gasteiger partial charge < -0.3 is 24.8 Å². The number of aliphatic hydroxyl groups is 3. The van der Waals surface area contributed by atoms with Gasteiger partial charge in [-0.05, 0) is 12.8 Å². The highest BCUT2D eigenvalue weighted by atomic mass is 16.6. The summed E-state index contributed by atoms with van der Waals surface area (Å²) in [5, 5.41) is 28.3. The fourth-order valence-corrected chi connectivity index (χ4v) is 2.61. The Morgan fingerprint density at radius 1 is 1.18 bits per heavy atom. The van der Waals surface area contributed by atoms with Crippen LogP contribution in [0.2, 0.25) is 0 Å². The zero-order valence-electron chi connectivity index (χ0n) is 13.7. The van der Waals surface area contributed by atoms with Crippen molar-refractivity contribution in [2.45, 2.75) is 76.3 Å². The molecule has 0 spiro atoms. The van der Waals surface area contributed by atoms with Crippen molar-refractivity contribution in [3.63, 3.8) is 0 Å². The van der Waals surface area contributed by atoms with Crippen molar-refractivity contribution in [3.05, 3.63) is 12.2 Å². The molecule has 1 rings (SSSR count). The predicted molar refractivity (Wildman–Crippen MR) is 85.7 cm³/mol. The maximum absolute atomic E-state index is 9.95. The van der Waals surface area contributed by atoms with Crippen molar-refractivity contribution in [2.75, 3.05) is 19.8 Å². The van der Waals surface area contributed by atoms with Crippen LogP contribution in [0, 0.1) is 0 Å². The third-order valence-electron chi connectivity index (χ3n) is 4.03. The molecule has 0 amide bonds. The van der Waals surface area contributed by atoms with E-state index in [1.165, 1.54) is 38.5 Å². The van der Waals surface area contributed by atoms with Crippen molar-refractivity contribution in [2.24, 2.45) is 0 Å². The number of aliphatic hydroxyl groups excluding tert-OH is 3. The van der Waals surface area contributed by atoms with Gasteiger partial charge in [0.2, 0.25) is 0 Å². The number of rotatable bonds is 12. The van der Waals surface area contributed by atoms with Crippen molar-refractivity contribution in [3.8, 4) is 0 Å². The largest absolute Gasteiger partial charge is 0.394 e. The van der Waals surface area contributed by atoms with Gasteiger partial charge in [0.1, 0.15) is 24.4 Å². The van der Waals surface area contributed by atoms with E-state index in [-0.39, 0.29) is 6.61 Å². The molecule has 130 valence electrons. The van der Waals surface area contributed by atoms with Gasteiger partial charge >= 0.3 is 0 Å². The van der Waals surface area contributed by atoms with Crippen molar-refractivity contribution in [1.29, 1.82) is 0 Å². The Balaban J connectivity index is 2.03. The van der Waals surface area contributed by atoms with Crippen LogP contribution in [0.5, 0.6) is 0 Å². The molecule has 0 saturated carbocycles. The highest BCUT2D eigenvalue weighted by molar-refractivity contribution is 4.90. The molecule has 4 atom stereocenters. The van der Waals surface area contributed by atoms with Crippen LogP contribution in [0.3, 0.4) is 0 Å². The van der Waals surface area contributed by atoms with Crippen molar-refractivity contribution >= 4 is 0 Å². The second kappa shape index (κ2) is 12.0. The molecule has 0 aromatic carbocycles. The molecule has 1 saturated heterocycles. The van der Waals surface area contributed by atoms with E-state index in [1.54, 1.807) is 0 Å². The quantitative estimate of drug-likeness (QED) is 0.378. The molecule has 1 heterocycles. The second-order valence-corrected chi connectivity index (χ2v) is 5.94. The molecule has 1 fully saturated rings. The Kier molecular flexibility index (Phi) is 10.7. The van der Waals surface area contributed by atoms with E-state index in [9.17, 15) is 10.2 Å². The van der Waals surface area contributed by atoms with Crippen LogP contribution in [0.15, 0.2) is 12.2 Å². The smallest absolute Gasteiger partial charge is 0.114 e. The predicted octanol–water partition coefficient (Wildman–Crippen LogP) is 1.79. The molecule has 0 aliphatic carbocycles. The van der Waals surface area contributed by atoms with E-state index in [0.29, 0.717) is 6.61 Å². The summed E-state index contributed by atoms with van der Waals surface area (Å²) < 4.78 is 10.8. The van der Waals surface area contributed by atoms with E-state index in [4.69, 9.17) is 14.6 Å². The van der Waals surface area contributed by atoms with Crippen LogP contribution in [0.4, 0.5) is 0 Å². The Labute approximate surface area is 133 Å². The Morgan fingerprint density at radius 3 is 2.64 bits per heavy atom. The van der Waals surface area contributed by atoms with Gasteiger partial charge in [0, 0.05) is 0 Å². The molecule has 0 aromatic rings. The summed E-state index contributed by atoms with van der Waals surface area (Å²) in [7, 11) is 0. The van der Waals surface area contributed by atoms with Gasteiger partial charge in [-0.25, -0.2) is 0 Å². The summed E-state index contributed by atoms with van der Waals surface area (Å²) >= 11 is 0. The third kappa shape index (κ3) is 7.20. The van der Waals surface area contributed by atoms with Crippen LogP contribution in [0.25, 0.3) is 0 Å². The minimum Gasteiger partial charge on any atom is -0.394 e. The lowest BCUT2D eigenvalue weighted by molar-refractivity contribution is -0.0716. The minimum atomic E-state index is -1.06. The lowest BCUT2D eigenvalue weighted by Crippen LogP contribution is -2.41. The number of allylic oxidation sites excluding steroid dienone is 1. The summed E-state index contributed by atoms with van der Waals surface area (Å²) in [6, 6.07) is 0. The molecule has 0 radical (unpaired) electrons. The summed E-state index contributed by atoms with van der Waals surface area (Å²) in [6.07, 6.45) is 9.74. The Morgan fingerprint density at radius 2 is 1.91 bits per heavy atom. The van der Waals surface area contributed by atoms with Crippen molar-refractivity contribution < 1.29 is 24.8 Å². The van der Waals surface area contributed by atoms with Crippen LogP contribution in [-0.4, -0.2) is 59.6 Å². The monoisotopic (exact) mass is 316 g/mol. The fourth-order valence-electron chi connectivity index (χ4n) is 2.61. The summed E-state index contributed by atoms with van der Waals surface area (Å²) in [4.78, 5) is 0. The summed E-state index contributed by atoms with van der Waals surface area (Å²) in [5.41, 5.74) is 0. The van der Waals surface area contributed by atoms with Gasteiger partial charge in [0.05, 0.1) is 19.8 Å². The van der Waals surface area contributed by atoms with Crippen molar-refractivity contribution in [1.82, 2.24) is 0 Å². The summed E-state index contributed by atoms with van der Waals surface area (Å²) in [5.74, 6) is 0. The molecule has 3 N–H and O–H groups in total. The standard InChI is InChI=1S/C17H32O5/c1-2-3-4-5-6-7-8-9-10-11-21-15-13-22-17(16(15)20)14(19)12-18/h9-10,14-20H,2-8,11-13H2,1H3/b10-9+/t14-,15+,16-,17-/m0/s1. The first-order valence-electron chi connectivity index (χ1n) is 8.55. The molecular weight excluding hydrogens is 284 g/mol. The molecule has 1 aliphatic rings. The topological polar surface area (TPSA) is 79.2 Å². The molecule has 0 aromatic heterocycles. The van der Waals surface area contributed by atoms with E-state index in [1.807, 2.05) is 6.08 Å². The van der Waals surface area contributed by atoms with Crippen LogP contribution in [-0.2, 0) is 9.47 Å². The zero-order chi connectivity index (χ0) is 16.2. The number of ether oxygens (including phenoxy) is 2. The van der Waals surface area contributed by atoms with Gasteiger partial charge in [-0.2, -0.15) is 0 Å². The van der Waals surface area contributed by atoms with Gasteiger partial charge in [0.25, 0.3) is 0 Å². The second-order valence-electron chi connectivity index (χ2n) is 5.94. The minimum absolute atomic E-state index is 0.244. The molecular formula is C17H32O5. The van der Waals surface area contributed by atoms with Crippen LogP contribution < -0.4 is 0 Å². The average molecular weight is 316 g/mol. The lowest BCUT2D eigenvalue weighted by atomic mass is 10.1. The highest BCUT2D eigenvalue weighted by Crippen LogP contribution is 2.20. The SMILES string of the molecule is CCCCCCCC/C=C/CO[C@@H]1CO[C@@H]([C@@H](O)CO)[C@H]1O. The van der Waals surface area contributed by atoms with E-state index >= 15 is 0 Å². The molecule has 1 aliphatic heterocycles. The van der Waals surface area contributed by atoms with Gasteiger partial charge in [-0.1, -0.05) is 51.2 Å². The lowest BCUT2D eigenvalue weighted by Gasteiger charge is -2.20. The number of hydrogen-bond acceptors (Lipinski definition) is 5. The first-order chi connectivity index (χ1) is 10.7. The third-order valence-corrected chi connectivity index (χ3v) is 4.03. The summed E-state index contributed by atoms with van der Waals surface area (Å²) in [6.45, 7) is 2.48. The zero-order valence-corrected chi connectivity index (χ0v) is 13.7. The Hall–Kier alpha value is -0.460. The van der Waals surface area contributed by atoms with Crippen LogP contribution >= 0.6 is 0 Å². The maximum Gasteiger partial charge on any atom is 0.114 e. The van der Waals surface area contributed by atoms with Gasteiger partial charge in [-0.15, -0.1) is 0 Å². The normalized spacial score (nSPS) is 26.8. The highest BCUT2D eigenvalue weighted by Gasteiger charge is 2.40. The van der Waals surface area contributed by atoms with Gasteiger partial charge in [0.15, 0.2) is 0 Å². The van der Waals surface area contributed by atoms with Gasteiger partial charge in [-0.3, -0.25) is 0 Å².